The number of rotatable bonds is 5. The number of nitrogens with zero attached hydrogens (tertiary/aromatic N) is 1. The number of benzene rings is 2. The van der Waals surface area contributed by atoms with Gasteiger partial charge < -0.3 is 0 Å². The Morgan fingerprint density at radius 1 is 0.969 bits per heavy atom. The Balaban J connectivity index is 1.57. The zero-order valence-corrected chi connectivity index (χ0v) is 18.9. The Morgan fingerprint density at radius 3 is 2.09 bits per heavy atom. The maximum absolute atomic E-state index is 13.4. The van der Waals surface area contributed by atoms with Crippen LogP contribution in [0.3, 0.4) is 0 Å². The summed E-state index contributed by atoms with van der Waals surface area (Å²) in [5, 5.41) is 0. The average molecular weight is 451 g/mol. The van der Waals surface area contributed by atoms with Crippen LogP contribution in [0.15, 0.2) is 59.5 Å². The number of hydrogen-bond donors (Lipinski definition) is 1. The molecular weight excluding hydrogens is 424 g/mol. The summed E-state index contributed by atoms with van der Waals surface area (Å²) < 4.78 is 29.2. The standard InChI is InChI=1S/C25H26N2O4S/c1-3-16-13-20(14-21(15(16)2)32(30,31)26-19-7-5-4-6-8-19)27-24(28)22-17-9-10-18(12-11-17)23(22)25(27)29/h4-10,13-14,17-18,22-23,26H,3,11-12H2,1-2H3. The van der Waals surface area contributed by atoms with E-state index < -0.39 is 10.0 Å². The fourth-order valence-electron chi connectivity index (χ4n) is 5.55. The number of hydrogen-bond acceptors (Lipinski definition) is 4. The van der Waals surface area contributed by atoms with Crippen molar-refractivity contribution in [1.82, 2.24) is 0 Å². The summed E-state index contributed by atoms with van der Waals surface area (Å²) >= 11 is 0. The molecule has 1 N–H and O–H groups in total. The number of imide groups is 1. The summed E-state index contributed by atoms with van der Waals surface area (Å²) in [5.41, 5.74) is 2.23. The number of aryl methyl sites for hydroxylation is 1. The van der Waals surface area contributed by atoms with Gasteiger partial charge in [-0.1, -0.05) is 37.3 Å². The van der Waals surface area contributed by atoms with Gasteiger partial charge in [0.2, 0.25) is 11.8 Å². The van der Waals surface area contributed by atoms with Crippen LogP contribution in [0.1, 0.15) is 30.9 Å². The molecule has 4 aliphatic rings. The minimum Gasteiger partial charge on any atom is -0.280 e. The van der Waals surface area contributed by atoms with Crippen LogP contribution < -0.4 is 9.62 Å². The normalized spacial score (nSPS) is 26.5. The van der Waals surface area contributed by atoms with Crippen LogP contribution in [0.5, 0.6) is 0 Å². The highest BCUT2D eigenvalue weighted by atomic mass is 32.2. The van der Waals surface area contributed by atoms with E-state index in [9.17, 15) is 18.0 Å². The highest BCUT2D eigenvalue weighted by Crippen LogP contribution is 2.50. The number of para-hydroxylation sites is 1. The van der Waals surface area contributed by atoms with Gasteiger partial charge >= 0.3 is 0 Å². The van der Waals surface area contributed by atoms with E-state index in [0.717, 1.165) is 18.4 Å². The van der Waals surface area contributed by atoms with E-state index in [-0.39, 0.29) is 40.4 Å². The van der Waals surface area contributed by atoms with Crippen molar-refractivity contribution in [2.24, 2.45) is 23.7 Å². The van der Waals surface area contributed by atoms with Crippen molar-refractivity contribution in [3.8, 4) is 0 Å². The van der Waals surface area contributed by atoms with Crippen molar-refractivity contribution in [1.29, 1.82) is 0 Å². The number of allylic oxidation sites excluding steroid dienone is 2. The van der Waals surface area contributed by atoms with Crippen LogP contribution in [-0.4, -0.2) is 20.2 Å². The molecule has 6 nitrogen and oxygen atoms in total. The van der Waals surface area contributed by atoms with Gasteiger partial charge in [0.15, 0.2) is 0 Å². The van der Waals surface area contributed by atoms with Crippen molar-refractivity contribution in [2.45, 2.75) is 38.0 Å². The van der Waals surface area contributed by atoms with Crippen LogP contribution in [0.2, 0.25) is 0 Å². The lowest BCUT2D eigenvalue weighted by atomic mass is 9.63. The van der Waals surface area contributed by atoms with Gasteiger partial charge in [-0.2, -0.15) is 0 Å². The van der Waals surface area contributed by atoms with Crippen LogP contribution in [-0.2, 0) is 26.0 Å². The second-order valence-corrected chi connectivity index (χ2v) is 10.6. The minimum absolute atomic E-state index is 0.0884. The average Bonchev–Trinajstić information content (AvgIpc) is 3.07. The monoisotopic (exact) mass is 450 g/mol. The number of sulfonamides is 1. The van der Waals surface area contributed by atoms with E-state index in [4.69, 9.17) is 0 Å². The molecule has 2 aromatic carbocycles. The molecule has 2 bridgehead atoms. The Bertz CT molecular complexity index is 1200. The summed E-state index contributed by atoms with van der Waals surface area (Å²) in [6, 6.07) is 11.9. The SMILES string of the molecule is CCc1cc(N2C(=O)C3C4C=CC(CC4)C3C2=O)cc(S(=O)(=O)Nc2ccccc2)c1C. The molecule has 7 heteroatoms. The van der Waals surface area contributed by atoms with Crippen molar-refractivity contribution < 1.29 is 18.0 Å². The Kier molecular flexibility index (Phi) is 4.97. The van der Waals surface area contributed by atoms with E-state index in [0.29, 0.717) is 23.4 Å². The first kappa shape index (κ1) is 20.9. The second-order valence-electron chi connectivity index (χ2n) is 8.91. The van der Waals surface area contributed by atoms with E-state index >= 15 is 0 Å². The van der Waals surface area contributed by atoms with Gasteiger partial charge in [0, 0.05) is 5.69 Å². The van der Waals surface area contributed by atoms with Crippen LogP contribution in [0, 0.1) is 30.6 Å². The van der Waals surface area contributed by atoms with Crippen molar-refractivity contribution in [3.63, 3.8) is 0 Å². The third kappa shape index (κ3) is 3.18. The maximum Gasteiger partial charge on any atom is 0.262 e. The summed E-state index contributed by atoms with van der Waals surface area (Å²) in [6.45, 7) is 3.70. The van der Waals surface area contributed by atoms with Gasteiger partial charge in [0.25, 0.3) is 10.0 Å². The molecule has 4 unspecified atom stereocenters. The van der Waals surface area contributed by atoms with Crippen LogP contribution in [0.25, 0.3) is 0 Å². The molecule has 0 radical (unpaired) electrons. The first-order valence-electron chi connectivity index (χ1n) is 11.1. The smallest absolute Gasteiger partial charge is 0.262 e. The second kappa shape index (κ2) is 7.59. The molecule has 1 saturated carbocycles. The third-order valence-corrected chi connectivity index (χ3v) is 8.67. The summed E-state index contributed by atoms with van der Waals surface area (Å²) in [6.07, 6.45) is 6.59. The molecule has 1 heterocycles. The zero-order valence-electron chi connectivity index (χ0n) is 18.1. The fourth-order valence-corrected chi connectivity index (χ4v) is 6.92. The summed E-state index contributed by atoms with van der Waals surface area (Å²) in [7, 11) is -3.91. The molecule has 3 aliphatic carbocycles. The minimum atomic E-state index is -3.91. The topological polar surface area (TPSA) is 83.6 Å². The lowest BCUT2D eigenvalue weighted by Gasteiger charge is -2.38. The van der Waals surface area contributed by atoms with Gasteiger partial charge in [-0.05, 0) is 73.4 Å². The first-order valence-corrected chi connectivity index (χ1v) is 12.6. The quantitative estimate of drug-likeness (QED) is 0.550. The van der Waals surface area contributed by atoms with E-state index in [1.54, 1.807) is 37.3 Å². The number of fused-ring (bicyclic) bond motifs is 1. The van der Waals surface area contributed by atoms with E-state index in [2.05, 4.69) is 16.9 Å². The summed E-state index contributed by atoms with van der Waals surface area (Å²) in [4.78, 5) is 28.1. The summed E-state index contributed by atoms with van der Waals surface area (Å²) in [5.74, 6) is -0.898. The lowest BCUT2D eigenvalue weighted by molar-refractivity contribution is -0.124. The fraction of sp³-hybridized carbons (Fsp3) is 0.360. The van der Waals surface area contributed by atoms with E-state index in [1.165, 1.54) is 11.0 Å². The molecule has 32 heavy (non-hydrogen) atoms. The van der Waals surface area contributed by atoms with Gasteiger partial charge in [-0.15, -0.1) is 0 Å². The number of nitrogens with one attached hydrogen (secondary N) is 1. The Morgan fingerprint density at radius 2 is 1.56 bits per heavy atom. The molecule has 4 atom stereocenters. The Hall–Kier alpha value is -2.93. The predicted molar refractivity (Wildman–Crippen MR) is 123 cm³/mol. The molecule has 166 valence electrons. The molecule has 0 aromatic heterocycles. The number of carbonyl (C=O) groups is 2. The van der Waals surface area contributed by atoms with Crippen molar-refractivity contribution >= 4 is 33.2 Å². The molecular formula is C25H26N2O4S. The molecule has 2 aromatic rings. The van der Waals surface area contributed by atoms with Crippen LogP contribution in [0.4, 0.5) is 11.4 Å². The van der Waals surface area contributed by atoms with Crippen LogP contribution >= 0.6 is 0 Å². The lowest BCUT2D eigenvalue weighted by Crippen LogP contribution is -2.38. The number of anilines is 2. The van der Waals surface area contributed by atoms with Gasteiger partial charge in [-0.3, -0.25) is 14.3 Å². The van der Waals surface area contributed by atoms with Crippen molar-refractivity contribution in [3.05, 3.63) is 65.7 Å². The van der Waals surface area contributed by atoms with Gasteiger partial charge in [-0.25, -0.2) is 13.3 Å². The largest absolute Gasteiger partial charge is 0.280 e. The Labute approximate surface area is 188 Å². The molecule has 2 fully saturated rings. The highest BCUT2D eigenvalue weighted by molar-refractivity contribution is 7.92. The van der Waals surface area contributed by atoms with E-state index in [1.807, 2.05) is 13.0 Å². The molecule has 1 saturated heterocycles. The first-order chi connectivity index (χ1) is 15.3. The molecule has 6 rings (SSSR count). The maximum atomic E-state index is 13.4. The zero-order chi connectivity index (χ0) is 22.6. The number of amides is 2. The van der Waals surface area contributed by atoms with Crippen molar-refractivity contribution in [2.75, 3.05) is 9.62 Å². The molecule has 2 amide bonds. The third-order valence-electron chi connectivity index (χ3n) is 7.17. The van der Waals surface area contributed by atoms with Gasteiger partial charge in [0.05, 0.1) is 22.4 Å². The molecule has 0 spiro atoms. The highest BCUT2D eigenvalue weighted by Gasteiger charge is 2.57. The number of carbonyl (C=O) groups excluding carboxylic acids is 2. The molecule has 1 aliphatic heterocycles. The predicted octanol–water partition coefficient (Wildman–Crippen LogP) is 4.06. The van der Waals surface area contributed by atoms with Gasteiger partial charge in [0.1, 0.15) is 0 Å².